The smallest absolute Gasteiger partial charge is 0.191 e. The largest absolute Gasteiger partial charge is 0.370 e. The summed E-state index contributed by atoms with van der Waals surface area (Å²) in [5.74, 6) is 2.99. The van der Waals surface area contributed by atoms with Crippen LogP contribution in [0.3, 0.4) is 0 Å². The molecule has 2 N–H and O–H groups in total. The van der Waals surface area contributed by atoms with E-state index in [0.29, 0.717) is 5.96 Å². The second-order valence-electron chi connectivity index (χ2n) is 5.54. The van der Waals surface area contributed by atoms with E-state index in [4.69, 9.17) is 5.73 Å². The number of hydrogen-bond acceptors (Lipinski definition) is 4. The summed E-state index contributed by atoms with van der Waals surface area (Å²) in [7, 11) is 0. The number of aromatic nitrogens is 1. The summed E-state index contributed by atoms with van der Waals surface area (Å²) < 4.78 is 0. The summed E-state index contributed by atoms with van der Waals surface area (Å²) in [5.41, 5.74) is 9.59. The molecule has 0 aliphatic carbocycles. The van der Waals surface area contributed by atoms with Gasteiger partial charge in [0.2, 0.25) is 0 Å². The monoisotopic (exact) mass is 474 g/mol. The minimum absolute atomic E-state index is 0. The Balaban J connectivity index is 0.00000208. The zero-order chi connectivity index (χ0) is 16.1. The van der Waals surface area contributed by atoms with Gasteiger partial charge in [-0.3, -0.25) is 4.99 Å². The van der Waals surface area contributed by atoms with E-state index >= 15 is 0 Å². The van der Waals surface area contributed by atoms with Crippen molar-refractivity contribution in [3.05, 3.63) is 40.2 Å². The summed E-state index contributed by atoms with van der Waals surface area (Å²) in [5, 5.41) is 3.21. The third kappa shape index (κ3) is 5.35. The minimum atomic E-state index is 0. The second kappa shape index (κ2) is 9.62. The van der Waals surface area contributed by atoms with Gasteiger partial charge in [-0.15, -0.1) is 35.3 Å². The molecule has 4 nitrogen and oxygen atoms in total. The first-order chi connectivity index (χ1) is 11.2. The fraction of sp³-hybridized carbons (Fsp3) is 0.412. The van der Waals surface area contributed by atoms with E-state index in [0.717, 1.165) is 48.3 Å². The van der Waals surface area contributed by atoms with Gasteiger partial charge in [-0.05, 0) is 18.9 Å². The van der Waals surface area contributed by atoms with Crippen LogP contribution in [0.15, 0.2) is 34.6 Å². The summed E-state index contributed by atoms with van der Waals surface area (Å²) in [6, 6.07) is 8.60. The molecule has 3 rings (SSSR count). The first-order valence-corrected chi connectivity index (χ1v) is 9.90. The van der Waals surface area contributed by atoms with Crippen molar-refractivity contribution >= 4 is 53.0 Å². The third-order valence-corrected chi connectivity index (χ3v) is 5.59. The third-order valence-electron chi connectivity index (χ3n) is 3.88. The predicted molar refractivity (Wildman–Crippen MR) is 117 cm³/mol. The SMILES string of the molecule is Cc1nc(-c2ccc(CCN=C(N)N3CCSCC3)cc2)cs1.I. The lowest BCUT2D eigenvalue weighted by molar-refractivity contribution is 0.456. The van der Waals surface area contributed by atoms with Crippen LogP contribution in [-0.2, 0) is 6.42 Å². The number of thiazole rings is 1. The molecule has 7 heteroatoms. The minimum Gasteiger partial charge on any atom is -0.370 e. The highest BCUT2D eigenvalue weighted by atomic mass is 127. The Bertz CT molecular complexity index is 663. The number of aryl methyl sites for hydroxylation is 1. The lowest BCUT2D eigenvalue weighted by Gasteiger charge is -2.27. The van der Waals surface area contributed by atoms with Crippen LogP contribution in [0.2, 0.25) is 0 Å². The van der Waals surface area contributed by atoms with Crippen LogP contribution in [0.25, 0.3) is 11.3 Å². The van der Waals surface area contributed by atoms with Crippen molar-refractivity contribution in [1.29, 1.82) is 0 Å². The highest BCUT2D eigenvalue weighted by Gasteiger charge is 2.11. The molecule has 0 unspecified atom stereocenters. The number of benzene rings is 1. The van der Waals surface area contributed by atoms with Crippen LogP contribution < -0.4 is 5.73 Å². The highest BCUT2D eigenvalue weighted by Crippen LogP contribution is 2.21. The maximum Gasteiger partial charge on any atom is 0.191 e. The molecule has 0 atom stereocenters. The zero-order valence-electron chi connectivity index (χ0n) is 13.8. The van der Waals surface area contributed by atoms with Crippen LogP contribution in [-0.4, -0.2) is 47.0 Å². The Morgan fingerprint density at radius 2 is 1.96 bits per heavy atom. The first kappa shape index (κ1) is 19.5. The van der Waals surface area contributed by atoms with Gasteiger partial charge < -0.3 is 10.6 Å². The molecule has 0 radical (unpaired) electrons. The Morgan fingerprint density at radius 1 is 1.25 bits per heavy atom. The number of halogens is 1. The van der Waals surface area contributed by atoms with E-state index < -0.39 is 0 Å². The summed E-state index contributed by atoms with van der Waals surface area (Å²) in [6.45, 7) is 4.81. The maximum atomic E-state index is 6.07. The fourth-order valence-electron chi connectivity index (χ4n) is 2.53. The molecule has 2 heterocycles. The molecule has 1 aliphatic rings. The Labute approximate surface area is 169 Å². The second-order valence-corrected chi connectivity index (χ2v) is 7.82. The average molecular weight is 474 g/mol. The van der Waals surface area contributed by atoms with Crippen LogP contribution in [0, 0.1) is 6.92 Å². The Hall–Kier alpha value is -0.800. The lowest BCUT2D eigenvalue weighted by atomic mass is 10.1. The number of nitrogens with two attached hydrogens (primary N) is 1. The molecular formula is C17H23IN4S2. The maximum absolute atomic E-state index is 6.07. The first-order valence-electron chi connectivity index (χ1n) is 7.86. The number of guanidine groups is 1. The molecule has 1 aromatic carbocycles. The van der Waals surface area contributed by atoms with Crippen molar-refractivity contribution in [1.82, 2.24) is 9.88 Å². The number of aliphatic imine (C=N–C) groups is 1. The molecule has 1 aromatic heterocycles. The number of thioether (sulfide) groups is 1. The van der Waals surface area contributed by atoms with Gasteiger partial charge in [0.1, 0.15) is 0 Å². The molecule has 24 heavy (non-hydrogen) atoms. The van der Waals surface area contributed by atoms with Gasteiger partial charge in [-0.1, -0.05) is 24.3 Å². The Kier molecular flexibility index (Phi) is 7.83. The summed E-state index contributed by atoms with van der Waals surface area (Å²) in [4.78, 5) is 11.2. The molecule has 130 valence electrons. The van der Waals surface area contributed by atoms with Gasteiger partial charge >= 0.3 is 0 Å². The van der Waals surface area contributed by atoms with E-state index in [1.807, 2.05) is 18.7 Å². The molecule has 1 aliphatic heterocycles. The zero-order valence-corrected chi connectivity index (χ0v) is 17.7. The van der Waals surface area contributed by atoms with Crippen molar-refractivity contribution in [2.75, 3.05) is 31.1 Å². The molecule has 0 saturated carbocycles. The summed E-state index contributed by atoms with van der Waals surface area (Å²) >= 11 is 3.67. The van der Waals surface area contributed by atoms with Gasteiger partial charge in [0.05, 0.1) is 10.7 Å². The van der Waals surface area contributed by atoms with Crippen LogP contribution >= 0.6 is 47.1 Å². The van der Waals surface area contributed by atoms with Crippen molar-refractivity contribution in [2.45, 2.75) is 13.3 Å². The topological polar surface area (TPSA) is 54.5 Å². The quantitative estimate of drug-likeness (QED) is 0.418. The van der Waals surface area contributed by atoms with Crippen LogP contribution in [0.4, 0.5) is 0 Å². The van der Waals surface area contributed by atoms with E-state index in [2.05, 4.69) is 44.5 Å². The van der Waals surface area contributed by atoms with Gasteiger partial charge in [-0.25, -0.2) is 4.98 Å². The molecular weight excluding hydrogens is 451 g/mol. The molecule has 2 aromatic rings. The van der Waals surface area contributed by atoms with Gasteiger partial charge in [0.25, 0.3) is 0 Å². The van der Waals surface area contributed by atoms with E-state index in [-0.39, 0.29) is 24.0 Å². The molecule has 1 fully saturated rings. The summed E-state index contributed by atoms with van der Waals surface area (Å²) in [6.07, 6.45) is 0.916. The van der Waals surface area contributed by atoms with E-state index in [1.54, 1.807) is 11.3 Å². The predicted octanol–water partition coefficient (Wildman–Crippen LogP) is 3.64. The normalized spacial score (nSPS) is 15.2. The molecule has 1 saturated heterocycles. The van der Waals surface area contributed by atoms with Crippen LogP contribution in [0.5, 0.6) is 0 Å². The van der Waals surface area contributed by atoms with Crippen molar-refractivity contribution in [3.63, 3.8) is 0 Å². The Morgan fingerprint density at radius 3 is 2.58 bits per heavy atom. The van der Waals surface area contributed by atoms with E-state index in [1.165, 1.54) is 11.1 Å². The standard InChI is InChI=1S/C17H22N4S2.HI/c1-13-20-16(12-23-13)15-4-2-14(3-5-15)6-7-19-17(18)21-8-10-22-11-9-21;/h2-5,12H,6-11H2,1H3,(H2,18,19);1H. The van der Waals surface area contributed by atoms with Crippen molar-refractivity contribution in [2.24, 2.45) is 10.7 Å². The number of hydrogen-bond donors (Lipinski definition) is 1. The van der Waals surface area contributed by atoms with Crippen LogP contribution in [0.1, 0.15) is 10.6 Å². The lowest BCUT2D eigenvalue weighted by Crippen LogP contribution is -2.42. The van der Waals surface area contributed by atoms with Gasteiger partial charge in [0.15, 0.2) is 5.96 Å². The number of nitrogens with zero attached hydrogens (tertiary/aromatic N) is 3. The average Bonchev–Trinajstić information content (AvgIpc) is 3.03. The van der Waals surface area contributed by atoms with Gasteiger partial charge in [0, 0.05) is 42.1 Å². The fourth-order valence-corrected chi connectivity index (χ4v) is 4.06. The van der Waals surface area contributed by atoms with Crippen molar-refractivity contribution < 1.29 is 0 Å². The molecule has 0 spiro atoms. The molecule has 0 amide bonds. The molecule has 0 bridgehead atoms. The van der Waals surface area contributed by atoms with E-state index in [9.17, 15) is 0 Å². The number of rotatable bonds is 4. The van der Waals surface area contributed by atoms with Gasteiger partial charge in [-0.2, -0.15) is 11.8 Å². The van der Waals surface area contributed by atoms with Crippen molar-refractivity contribution in [3.8, 4) is 11.3 Å². The highest BCUT2D eigenvalue weighted by molar-refractivity contribution is 14.0.